The van der Waals surface area contributed by atoms with Gasteiger partial charge in [0.15, 0.2) is 5.78 Å². The van der Waals surface area contributed by atoms with E-state index in [1.54, 1.807) is 11.6 Å². The van der Waals surface area contributed by atoms with Gasteiger partial charge in [-0.05, 0) is 20.8 Å². The zero-order valence-electron chi connectivity index (χ0n) is 8.40. The van der Waals surface area contributed by atoms with Gasteiger partial charge in [0.25, 0.3) is 0 Å². The molecule has 0 fully saturated rings. The van der Waals surface area contributed by atoms with Crippen molar-refractivity contribution in [3.05, 3.63) is 17.6 Å². The van der Waals surface area contributed by atoms with Crippen molar-refractivity contribution >= 4 is 11.7 Å². The Labute approximate surface area is 81.8 Å². The Bertz CT molecular complexity index is 418. The van der Waals surface area contributed by atoms with Crippen molar-refractivity contribution in [3.8, 4) is 0 Å². The van der Waals surface area contributed by atoms with Crippen LogP contribution in [0, 0.1) is 0 Å². The first-order chi connectivity index (χ1) is 6.61. The van der Waals surface area contributed by atoms with E-state index in [-0.39, 0.29) is 11.8 Å². The summed E-state index contributed by atoms with van der Waals surface area (Å²) in [6, 6.07) is -0.0359. The van der Waals surface area contributed by atoms with E-state index in [0.717, 1.165) is 11.3 Å². The summed E-state index contributed by atoms with van der Waals surface area (Å²) in [5.41, 5.74) is 1.63. The quantitative estimate of drug-likeness (QED) is 0.724. The van der Waals surface area contributed by atoms with Crippen LogP contribution in [0.1, 0.15) is 26.8 Å². The molecule has 0 bridgehead atoms. The molecule has 5 heteroatoms. The summed E-state index contributed by atoms with van der Waals surface area (Å²) in [5, 5.41) is 7.11. The molecular formula is C9H12N4O. The molecule has 1 aromatic heterocycles. The van der Waals surface area contributed by atoms with E-state index < -0.39 is 0 Å². The number of rotatable bonds is 1. The Morgan fingerprint density at radius 1 is 1.64 bits per heavy atom. The Hall–Kier alpha value is -1.65. The van der Waals surface area contributed by atoms with Gasteiger partial charge in [-0.15, -0.1) is 0 Å². The maximum Gasteiger partial charge on any atom is 0.225 e. The fourth-order valence-electron chi connectivity index (χ4n) is 1.85. The van der Waals surface area contributed by atoms with Gasteiger partial charge in [0, 0.05) is 11.3 Å². The molecule has 0 amide bonds. The minimum Gasteiger partial charge on any atom is -0.328 e. The molecule has 2 rings (SSSR count). The van der Waals surface area contributed by atoms with Gasteiger partial charge in [-0.1, -0.05) is 0 Å². The summed E-state index contributed by atoms with van der Waals surface area (Å²) in [5.74, 6) is 0.767. The zero-order chi connectivity index (χ0) is 10.3. The predicted molar refractivity (Wildman–Crippen MR) is 51.7 cm³/mol. The highest BCUT2D eigenvalue weighted by molar-refractivity contribution is 5.95. The fraction of sp³-hybridized carbons (Fsp3) is 0.444. The Balaban J connectivity index is 2.50. The normalized spacial score (nSPS) is 20.4. The average Bonchev–Trinajstić information content (AvgIpc) is 2.50. The van der Waals surface area contributed by atoms with Gasteiger partial charge in [-0.2, -0.15) is 10.1 Å². The molecule has 1 aromatic rings. The van der Waals surface area contributed by atoms with Crippen LogP contribution >= 0.6 is 0 Å². The van der Waals surface area contributed by atoms with E-state index in [9.17, 15) is 4.79 Å². The van der Waals surface area contributed by atoms with Gasteiger partial charge in [-0.25, -0.2) is 4.68 Å². The maximum atomic E-state index is 11.4. The van der Waals surface area contributed by atoms with E-state index >= 15 is 0 Å². The first-order valence-corrected chi connectivity index (χ1v) is 4.49. The van der Waals surface area contributed by atoms with Crippen LogP contribution in [0.3, 0.4) is 0 Å². The van der Waals surface area contributed by atoms with Crippen molar-refractivity contribution in [2.24, 2.45) is 0 Å². The van der Waals surface area contributed by atoms with Crippen molar-refractivity contribution in [2.45, 2.75) is 26.8 Å². The van der Waals surface area contributed by atoms with Gasteiger partial charge in [0.05, 0.1) is 6.04 Å². The number of nitrogens with zero attached hydrogens (tertiary/aromatic N) is 3. The number of carbonyl (C=O) groups excluding carboxylic acids is 1. The van der Waals surface area contributed by atoms with Crippen LogP contribution in [-0.4, -0.2) is 20.5 Å². The summed E-state index contributed by atoms with van der Waals surface area (Å²) in [6.07, 6.45) is 1.48. The number of ketones is 1. The second-order valence-corrected chi connectivity index (χ2v) is 3.42. The van der Waals surface area contributed by atoms with E-state index in [1.165, 1.54) is 6.33 Å². The second-order valence-electron chi connectivity index (χ2n) is 3.42. The third-order valence-corrected chi connectivity index (χ3v) is 2.44. The molecule has 0 spiro atoms. The van der Waals surface area contributed by atoms with Crippen LogP contribution in [0.2, 0.25) is 0 Å². The number of aromatic nitrogens is 3. The highest BCUT2D eigenvalue weighted by Crippen LogP contribution is 2.28. The van der Waals surface area contributed by atoms with E-state index in [1.807, 2.05) is 13.8 Å². The van der Waals surface area contributed by atoms with Crippen LogP contribution < -0.4 is 5.32 Å². The van der Waals surface area contributed by atoms with Crippen LogP contribution in [0.15, 0.2) is 17.6 Å². The molecule has 14 heavy (non-hydrogen) atoms. The average molecular weight is 192 g/mol. The van der Waals surface area contributed by atoms with Gasteiger partial charge >= 0.3 is 0 Å². The van der Waals surface area contributed by atoms with Crippen LogP contribution in [0.25, 0.3) is 0 Å². The van der Waals surface area contributed by atoms with E-state index in [4.69, 9.17) is 0 Å². The van der Waals surface area contributed by atoms with Crippen molar-refractivity contribution in [2.75, 3.05) is 5.32 Å². The maximum absolute atomic E-state index is 11.4. The molecule has 0 aromatic carbocycles. The van der Waals surface area contributed by atoms with Gasteiger partial charge in [0.2, 0.25) is 5.95 Å². The highest BCUT2D eigenvalue weighted by atomic mass is 16.1. The zero-order valence-corrected chi connectivity index (χ0v) is 8.40. The molecule has 1 atom stereocenters. The number of carbonyl (C=O) groups is 1. The monoisotopic (exact) mass is 192 g/mol. The molecule has 1 aliphatic rings. The molecule has 0 saturated carbocycles. The lowest BCUT2D eigenvalue weighted by atomic mass is 10.0. The van der Waals surface area contributed by atoms with Crippen molar-refractivity contribution < 1.29 is 4.79 Å². The van der Waals surface area contributed by atoms with Crippen LogP contribution in [-0.2, 0) is 4.79 Å². The fourth-order valence-corrected chi connectivity index (χ4v) is 1.85. The van der Waals surface area contributed by atoms with Gasteiger partial charge in [0.1, 0.15) is 6.33 Å². The summed E-state index contributed by atoms with van der Waals surface area (Å²) < 4.78 is 1.71. The third-order valence-electron chi connectivity index (χ3n) is 2.44. The number of anilines is 1. The summed E-state index contributed by atoms with van der Waals surface area (Å²) in [7, 11) is 0. The number of nitrogens with one attached hydrogen (secondary N) is 1. The molecule has 0 radical (unpaired) electrons. The molecule has 1 N–H and O–H groups in total. The molecule has 5 nitrogen and oxygen atoms in total. The molecule has 2 heterocycles. The topological polar surface area (TPSA) is 59.8 Å². The largest absolute Gasteiger partial charge is 0.328 e. The Morgan fingerprint density at radius 3 is 3.00 bits per heavy atom. The van der Waals surface area contributed by atoms with Gasteiger partial charge in [-0.3, -0.25) is 4.79 Å². The molecule has 1 aliphatic heterocycles. The van der Waals surface area contributed by atoms with Crippen molar-refractivity contribution in [3.63, 3.8) is 0 Å². The lowest BCUT2D eigenvalue weighted by molar-refractivity contribution is -0.114. The summed E-state index contributed by atoms with van der Waals surface area (Å²) >= 11 is 0. The van der Waals surface area contributed by atoms with Crippen molar-refractivity contribution in [1.82, 2.24) is 14.8 Å². The first kappa shape index (κ1) is 8.93. The van der Waals surface area contributed by atoms with E-state index in [0.29, 0.717) is 5.95 Å². The predicted octanol–water partition coefficient (Wildman–Crippen LogP) is 1.13. The molecule has 1 unspecified atom stereocenters. The second kappa shape index (κ2) is 2.94. The SMILES string of the molecule is CC(=O)C1=C(C)Nc2ncnn2C1C. The van der Waals surface area contributed by atoms with Crippen LogP contribution in [0.5, 0.6) is 0 Å². The minimum absolute atomic E-state index is 0.0359. The van der Waals surface area contributed by atoms with E-state index in [2.05, 4.69) is 15.4 Å². The number of hydrogen-bond donors (Lipinski definition) is 1. The summed E-state index contributed by atoms with van der Waals surface area (Å²) in [4.78, 5) is 15.4. The highest BCUT2D eigenvalue weighted by Gasteiger charge is 2.26. The molecular weight excluding hydrogens is 180 g/mol. The smallest absolute Gasteiger partial charge is 0.225 e. The lowest BCUT2D eigenvalue weighted by Gasteiger charge is -2.24. The van der Waals surface area contributed by atoms with Crippen molar-refractivity contribution in [1.29, 1.82) is 0 Å². The number of Topliss-reactive ketones (excluding diaryl/α,β-unsaturated/α-hetero) is 1. The Morgan fingerprint density at radius 2 is 2.36 bits per heavy atom. The lowest BCUT2D eigenvalue weighted by Crippen LogP contribution is -2.24. The molecule has 0 aliphatic carbocycles. The van der Waals surface area contributed by atoms with Crippen LogP contribution in [0.4, 0.5) is 5.95 Å². The first-order valence-electron chi connectivity index (χ1n) is 4.49. The molecule has 0 saturated heterocycles. The Kier molecular flexibility index (Phi) is 1.87. The summed E-state index contributed by atoms with van der Waals surface area (Å²) in [6.45, 7) is 5.39. The number of fused-ring (bicyclic) bond motifs is 1. The van der Waals surface area contributed by atoms with Gasteiger partial charge < -0.3 is 5.32 Å². The third kappa shape index (κ3) is 1.13. The minimum atomic E-state index is -0.0359. The number of allylic oxidation sites excluding steroid dienone is 2. The number of hydrogen-bond acceptors (Lipinski definition) is 4. The standard InChI is InChI=1S/C9H12N4O/c1-5-8(7(3)14)6(2)13-9(12-5)10-4-11-13/h4,6H,1-3H3,(H,10,11,12). The molecule has 74 valence electrons.